The van der Waals surface area contributed by atoms with Gasteiger partial charge in [0.25, 0.3) is 0 Å². The zero-order valence-corrected chi connectivity index (χ0v) is 12.2. The minimum Gasteiger partial charge on any atom is -0.461 e. The van der Waals surface area contributed by atoms with Gasteiger partial charge in [-0.2, -0.15) is 26.7 Å². The molecule has 1 heterocycles. The van der Waals surface area contributed by atoms with Crippen LogP contribution in [0.1, 0.15) is 20.8 Å². The van der Waals surface area contributed by atoms with Gasteiger partial charge in [-0.15, -0.1) is 0 Å². The summed E-state index contributed by atoms with van der Waals surface area (Å²) >= 11 is 1.77. The van der Waals surface area contributed by atoms with E-state index >= 15 is 0 Å². The third-order valence-corrected chi connectivity index (χ3v) is 2.49. The zero-order chi connectivity index (χ0) is 13.4. The van der Waals surface area contributed by atoms with Crippen molar-refractivity contribution in [3.05, 3.63) is 0 Å². The smallest absolute Gasteiger partial charge is 0.323 e. The van der Waals surface area contributed by atoms with Gasteiger partial charge in [-0.3, -0.25) is 0 Å². The molecule has 0 aliphatic heterocycles. The molecule has 0 aliphatic carbocycles. The molecule has 0 aromatic carbocycles. The van der Waals surface area contributed by atoms with Crippen LogP contribution in [0.3, 0.4) is 0 Å². The lowest BCUT2D eigenvalue weighted by Crippen LogP contribution is -2.14. The highest BCUT2D eigenvalue weighted by Crippen LogP contribution is 2.12. The van der Waals surface area contributed by atoms with Gasteiger partial charge in [0.1, 0.15) is 0 Å². The van der Waals surface area contributed by atoms with Crippen LogP contribution in [-0.4, -0.2) is 46.2 Å². The van der Waals surface area contributed by atoms with Crippen molar-refractivity contribution in [2.24, 2.45) is 0 Å². The fraction of sp³-hybridized carbons (Fsp3) is 0.727. The van der Waals surface area contributed by atoms with Gasteiger partial charge >= 0.3 is 6.01 Å². The minimum atomic E-state index is 0.0425. The molecule has 1 aromatic heterocycles. The normalized spacial score (nSPS) is 10.5. The van der Waals surface area contributed by atoms with E-state index in [4.69, 9.17) is 4.74 Å². The van der Waals surface area contributed by atoms with E-state index in [1.165, 1.54) is 0 Å². The Labute approximate surface area is 112 Å². The maximum atomic E-state index is 5.50. The van der Waals surface area contributed by atoms with Gasteiger partial charge in [-0.1, -0.05) is 0 Å². The molecular formula is C11H21N5OS. The van der Waals surface area contributed by atoms with Gasteiger partial charge in [0.05, 0.1) is 6.10 Å². The molecular weight excluding hydrogens is 250 g/mol. The van der Waals surface area contributed by atoms with Crippen LogP contribution < -0.4 is 15.4 Å². The summed E-state index contributed by atoms with van der Waals surface area (Å²) in [5.41, 5.74) is 0. The fourth-order valence-corrected chi connectivity index (χ4v) is 1.51. The molecule has 0 unspecified atom stereocenters. The quantitative estimate of drug-likeness (QED) is 0.699. The number of anilines is 2. The number of hydrogen-bond donors (Lipinski definition) is 2. The average molecular weight is 271 g/mol. The third kappa shape index (κ3) is 5.39. The number of aromatic nitrogens is 3. The Morgan fingerprint density at radius 3 is 2.39 bits per heavy atom. The second-order valence-corrected chi connectivity index (χ2v) is 4.87. The van der Waals surface area contributed by atoms with Crippen molar-refractivity contribution in [3.63, 3.8) is 0 Å². The van der Waals surface area contributed by atoms with Crippen molar-refractivity contribution in [1.82, 2.24) is 15.0 Å². The Bertz CT molecular complexity index is 361. The van der Waals surface area contributed by atoms with Gasteiger partial charge in [0, 0.05) is 18.8 Å². The van der Waals surface area contributed by atoms with E-state index in [0.29, 0.717) is 17.9 Å². The summed E-state index contributed by atoms with van der Waals surface area (Å²) in [6.07, 6.45) is 2.10. The summed E-state index contributed by atoms with van der Waals surface area (Å²) in [7, 11) is 0. The molecule has 18 heavy (non-hydrogen) atoms. The number of hydrogen-bond acceptors (Lipinski definition) is 7. The predicted octanol–water partition coefficient (Wildman–Crippen LogP) is 1.87. The Balaban J connectivity index is 2.77. The van der Waals surface area contributed by atoms with Crippen LogP contribution in [-0.2, 0) is 0 Å². The lowest BCUT2D eigenvalue weighted by Gasteiger charge is -2.11. The number of rotatable bonds is 8. The van der Waals surface area contributed by atoms with E-state index in [9.17, 15) is 0 Å². The number of ether oxygens (including phenoxy) is 1. The summed E-state index contributed by atoms with van der Waals surface area (Å²) in [5.74, 6) is 2.09. The number of nitrogens with one attached hydrogen (secondary N) is 2. The monoisotopic (exact) mass is 271 g/mol. The first-order valence-corrected chi connectivity index (χ1v) is 7.44. The molecule has 0 saturated carbocycles. The second kappa shape index (κ2) is 7.97. The molecule has 0 radical (unpaired) electrons. The van der Waals surface area contributed by atoms with Crippen LogP contribution in [0, 0.1) is 0 Å². The predicted molar refractivity (Wildman–Crippen MR) is 76.6 cm³/mol. The molecule has 0 aliphatic rings. The molecule has 0 atom stereocenters. The summed E-state index contributed by atoms with van der Waals surface area (Å²) in [5, 5.41) is 6.22. The van der Waals surface area contributed by atoms with Crippen LogP contribution in [0.15, 0.2) is 0 Å². The molecule has 0 spiro atoms. The van der Waals surface area contributed by atoms with Crippen molar-refractivity contribution in [2.75, 3.05) is 35.7 Å². The summed E-state index contributed by atoms with van der Waals surface area (Å²) < 4.78 is 5.50. The zero-order valence-electron chi connectivity index (χ0n) is 11.4. The highest BCUT2D eigenvalue weighted by atomic mass is 32.2. The molecule has 6 nitrogen and oxygen atoms in total. The van der Waals surface area contributed by atoms with E-state index in [1.807, 2.05) is 20.8 Å². The number of thioether (sulfide) groups is 1. The maximum Gasteiger partial charge on any atom is 0.323 e. The van der Waals surface area contributed by atoms with Crippen LogP contribution in [0.2, 0.25) is 0 Å². The van der Waals surface area contributed by atoms with Crippen molar-refractivity contribution in [2.45, 2.75) is 26.9 Å². The lowest BCUT2D eigenvalue weighted by atomic mass is 10.5. The summed E-state index contributed by atoms with van der Waals surface area (Å²) in [6, 6.07) is 0.350. The standard InChI is InChI=1S/C11H21N5OS/c1-5-12-9-14-10(13-6-7-18-4)16-11(15-9)17-8(2)3/h8H,5-7H2,1-4H3,(H2,12,13,14,15,16). The SMILES string of the molecule is CCNc1nc(NCCSC)nc(OC(C)C)n1. The first kappa shape index (κ1) is 14.8. The van der Waals surface area contributed by atoms with Crippen molar-refractivity contribution in [1.29, 1.82) is 0 Å². The molecule has 0 fully saturated rings. The molecule has 0 bridgehead atoms. The van der Waals surface area contributed by atoms with Crippen molar-refractivity contribution in [3.8, 4) is 6.01 Å². The van der Waals surface area contributed by atoms with E-state index in [1.54, 1.807) is 11.8 Å². The first-order chi connectivity index (χ1) is 8.65. The molecule has 1 aromatic rings. The number of nitrogens with zero attached hydrogens (tertiary/aromatic N) is 3. The van der Waals surface area contributed by atoms with Crippen LogP contribution in [0.25, 0.3) is 0 Å². The topological polar surface area (TPSA) is 72.0 Å². The van der Waals surface area contributed by atoms with Crippen LogP contribution in [0.5, 0.6) is 6.01 Å². The van der Waals surface area contributed by atoms with E-state index in [-0.39, 0.29) is 6.10 Å². The molecule has 0 amide bonds. The molecule has 0 saturated heterocycles. The molecule has 2 N–H and O–H groups in total. The van der Waals surface area contributed by atoms with E-state index in [0.717, 1.165) is 18.8 Å². The highest BCUT2D eigenvalue weighted by molar-refractivity contribution is 7.98. The van der Waals surface area contributed by atoms with Gasteiger partial charge in [-0.05, 0) is 27.0 Å². The Kier molecular flexibility index (Phi) is 6.56. The second-order valence-electron chi connectivity index (χ2n) is 3.88. The highest BCUT2D eigenvalue weighted by Gasteiger charge is 2.08. The Hall–Kier alpha value is -1.24. The van der Waals surface area contributed by atoms with Gasteiger partial charge in [0.2, 0.25) is 11.9 Å². The van der Waals surface area contributed by atoms with Crippen molar-refractivity contribution >= 4 is 23.7 Å². The van der Waals surface area contributed by atoms with Gasteiger partial charge < -0.3 is 15.4 Å². The van der Waals surface area contributed by atoms with Crippen molar-refractivity contribution < 1.29 is 4.74 Å². The molecule has 1 rings (SSSR count). The van der Waals surface area contributed by atoms with Crippen LogP contribution >= 0.6 is 11.8 Å². The van der Waals surface area contributed by atoms with E-state index < -0.39 is 0 Å². The van der Waals surface area contributed by atoms with Crippen LogP contribution in [0.4, 0.5) is 11.9 Å². The lowest BCUT2D eigenvalue weighted by molar-refractivity contribution is 0.222. The Morgan fingerprint density at radius 1 is 1.17 bits per heavy atom. The van der Waals surface area contributed by atoms with Gasteiger partial charge in [0.15, 0.2) is 0 Å². The third-order valence-electron chi connectivity index (χ3n) is 1.88. The first-order valence-electron chi connectivity index (χ1n) is 6.05. The Morgan fingerprint density at radius 2 is 1.83 bits per heavy atom. The molecule has 7 heteroatoms. The summed E-state index contributed by atoms with van der Waals surface area (Å²) in [6.45, 7) is 7.45. The summed E-state index contributed by atoms with van der Waals surface area (Å²) in [4.78, 5) is 12.7. The average Bonchev–Trinajstić information content (AvgIpc) is 2.28. The fourth-order valence-electron chi connectivity index (χ4n) is 1.20. The maximum absolute atomic E-state index is 5.50. The minimum absolute atomic E-state index is 0.0425. The molecule has 102 valence electrons. The van der Waals surface area contributed by atoms with Gasteiger partial charge in [-0.25, -0.2) is 0 Å². The van der Waals surface area contributed by atoms with E-state index in [2.05, 4.69) is 31.8 Å². The largest absolute Gasteiger partial charge is 0.461 e.